The van der Waals surface area contributed by atoms with Crippen molar-refractivity contribution < 1.29 is 19.2 Å². The first-order valence-corrected chi connectivity index (χ1v) is 7.92. The largest absolute Gasteiger partial charge is 0.487 e. The van der Waals surface area contributed by atoms with Crippen molar-refractivity contribution in [2.45, 2.75) is 25.7 Å². The molecule has 1 aliphatic rings. The number of ether oxygens (including phenoxy) is 1. The molecule has 24 heavy (non-hydrogen) atoms. The molecule has 8 heteroatoms. The van der Waals surface area contributed by atoms with Gasteiger partial charge in [-0.1, -0.05) is 12.1 Å². The Morgan fingerprint density at radius 1 is 1.29 bits per heavy atom. The first kappa shape index (κ1) is 17.7. The average molecular weight is 335 g/mol. The quantitative estimate of drug-likeness (QED) is 0.460. The zero-order valence-corrected chi connectivity index (χ0v) is 13.3. The fourth-order valence-electron chi connectivity index (χ4n) is 2.71. The van der Waals surface area contributed by atoms with Gasteiger partial charge in [-0.3, -0.25) is 19.7 Å². The van der Waals surface area contributed by atoms with Crippen LogP contribution in [0.3, 0.4) is 0 Å². The average Bonchev–Trinajstić information content (AvgIpc) is 2.58. The highest BCUT2D eigenvalue weighted by Crippen LogP contribution is 2.26. The molecule has 130 valence electrons. The third-order valence-corrected chi connectivity index (χ3v) is 4.10. The summed E-state index contributed by atoms with van der Waals surface area (Å²) in [4.78, 5) is 35.3. The van der Waals surface area contributed by atoms with Gasteiger partial charge in [-0.05, 0) is 25.3 Å². The molecule has 8 nitrogen and oxygen atoms in total. The number of likely N-dealkylation sites (tertiary alicyclic amines) is 1. The molecule has 1 saturated heterocycles. The summed E-state index contributed by atoms with van der Waals surface area (Å²) in [6.45, 7) is 1.31. The highest BCUT2D eigenvalue weighted by Gasteiger charge is 2.25. The highest BCUT2D eigenvalue weighted by molar-refractivity contribution is 5.78. The number of amides is 2. The Bertz CT molecular complexity index is 611. The predicted octanol–water partition coefficient (Wildman–Crippen LogP) is 1.48. The Labute approximate surface area is 139 Å². The van der Waals surface area contributed by atoms with Gasteiger partial charge in [0, 0.05) is 31.5 Å². The summed E-state index contributed by atoms with van der Waals surface area (Å²) in [6.07, 6.45) is 1.99. The Morgan fingerprint density at radius 2 is 1.96 bits per heavy atom. The van der Waals surface area contributed by atoms with Gasteiger partial charge >= 0.3 is 5.69 Å². The molecule has 0 saturated carbocycles. The van der Waals surface area contributed by atoms with E-state index in [9.17, 15) is 19.7 Å². The molecular weight excluding hydrogens is 314 g/mol. The van der Waals surface area contributed by atoms with E-state index in [2.05, 4.69) is 0 Å². The normalized spacial score (nSPS) is 15.1. The van der Waals surface area contributed by atoms with Crippen LogP contribution in [0.2, 0.25) is 0 Å². The predicted molar refractivity (Wildman–Crippen MR) is 86.3 cm³/mol. The monoisotopic (exact) mass is 335 g/mol. The van der Waals surface area contributed by atoms with Gasteiger partial charge in [-0.15, -0.1) is 0 Å². The lowest BCUT2D eigenvalue weighted by Crippen LogP contribution is -2.41. The summed E-state index contributed by atoms with van der Waals surface area (Å²) in [7, 11) is 0. The second kappa shape index (κ2) is 8.28. The van der Waals surface area contributed by atoms with E-state index in [1.165, 1.54) is 12.1 Å². The van der Waals surface area contributed by atoms with E-state index in [1.807, 2.05) is 0 Å². The highest BCUT2D eigenvalue weighted by atomic mass is 16.6. The zero-order valence-electron chi connectivity index (χ0n) is 13.3. The summed E-state index contributed by atoms with van der Waals surface area (Å²) >= 11 is 0. The van der Waals surface area contributed by atoms with Gasteiger partial charge in [-0.25, -0.2) is 0 Å². The van der Waals surface area contributed by atoms with Crippen molar-refractivity contribution in [3.05, 3.63) is 34.4 Å². The SMILES string of the molecule is NC(=O)C1CCN(C(=O)CCCOc2ccccc2[N+](=O)[O-])CC1. The molecule has 0 aromatic heterocycles. The number of rotatable bonds is 7. The van der Waals surface area contributed by atoms with Gasteiger partial charge in [0.05, 0.1) is 11.5 Å². The lowest BCUT2D eigenvalue weighted by molar-refractivity contribution is -0.385. The van der Waals surface area contributed by atoms with Gasteiger partial charge < -0.3 is 15.4 Å². The summed E-state index contributed by atoms with van der Waals surface area (Å²) in [5.74, 6) is -0.239. The van der Waals surface area contributed by atoms with Crippen LogP contribution in [0.15, 0.2) is 24.3 Å². The first-order chi connectivity index (χ1) is 11.5. The number of carbonyl (C=O) groups is 2. The molecule has 2 rings (SSSR count). The second-order valence-electron chi connectivity index (χ2n) is 5.73. The van der Waals surface area contributed by atoms with Crippen molar-refractivity contribution in [2.75, 3.05) is 19.7 Å². The number of primary amides is 1. The fourth-order valence-corrected chi connectivity index (χ4v) is 2.71. The molecular formula is C16H21N3O5. The minimum absolute atomic E-state index is 0.00378. The molecule has 1 aromatic rings. The number of nitrogens with two attached hydrogens (primary N) is 1. The molecule has 2 amide bonds. The second-order valence-corrected chi connectivity index (χ2v) is 5.73. The molecule has 0 aliphatic carbocycles. The van der Waals surface area contributed by atoms with Crippen LogP contribution in [-0.2, 0) is 9.59 Å². The molecule has 1 heterocycles. The van der Waals surface area contributed by atoms with Crippen molar-refractivity contribution in [2.24, 2.45) is 11.7 Å². The molecule has 1 fully saturated rings. The van der Waals surface area contributed by atoms with E-state index in [0.717, 1.165) is 0 Å². The topological polar surface area (TPSA) is 116 Å². The van der Waals surface area contributed by atoms with Gasteiger partial charge in [0.25, 0.3) is 0 Å². The van der Waals surface area contributed by atoms with Crippen LogP contribution in [0.4, 0.5) is 5.69 Å². The smallest absolute Gasteiger partial charge is 0.310 e. The first-order valence-electron chi connectivity index (χ1n) is 7.92. The third kappa shape index (κ3) is 4.68. The molecule has 1 aromatic carbocycles. The van der Waals surface area contributed by atoms with E-state index in [4.69, 9.17) is 10.5 Å². The Hall–Kier alpha value is -2.64. The van der Waals surface area contributed by atoms with E-state index >= 15 is 0 Å². The minimum atomic E-state index is -0.497. The Kier molecular flexibility index (Phi) is 6.11. The molecule has 1 aliphatic heterocycles. The maximum Gasteiger partial charge on any atom is 0.310 e. The number of benzene rings is 1. The third-order valence-electron chi connectivity index (χ3n) is 4.10. The number of piperidine rings is 1. The summed E-state index contributed by atoms with van der Waals surface area (Å²) in [5, 5.41) is 10.9. The van der Waals surface area contributed by atoms with Crippen LogP contribution < -0.4 is 10.5 Å². The molecule has 0 bridgehead atoms. The van der Waals surface area contributed by atoms with E-state index in [0.29, 0.717) is 38.8 Å². The van der Waals surface area contributed by atoms with Crippen molar-refractivity contribution in [3.8, 4) is 5.75 Å². The summed E-state index contributed by atoms with van der Waals surface area (Å²) in [6, 6.07) is 6.15. The number of hydrogen-bond donors (Lipinski definition) is 1. The lowest BCUT2D eigenvalue weighted by Gasteiger charge is -2.30. The van der Waals surface area contributed by atoms with Crippen molar-refractivity contribution in [3.63, 3.8) is 0 Å². The molecule has 0 radical (unpaired) electrons. The Balaban J connectivity index is 1.72. The van der Waals surface area contributed by atoms with Crippen LogP contribution in [0, 0.1) is 16.0 Å². The van der Waals surface area contributed by atoms with E-state index in [-0.39, 0.29) is 35.8 Å². The minimum Gasteiger partial charge on any atom is -0.487 e. The van der Waals surface area contributed by atoms with Crippen LogP contribution in [0.25, 0.3) is 0 Å². The van der Waals surface area contributed by atoms with Crippen molar-refractivity contribution >= 4 is 17.5 Å². The summed E-state index contributed by atoms with van der Waals surface area (Å²) in [5.41, 5.74) is 5.18. The molecule has 0 spiro atoms. The number of nitro groups is 1. The molecule has 0 unspecified atom stereocenters. The maximum atomic E-state index is 12.1. The van der Waals surface area contributed by atoms with E-state index < -0.39 is 4.92 Å². The van der Waals surface area contributed by atoms with Crippen LogP contribution >= 0.6 is 0 Å². The standard InChI is InChI=1S/C16H21N3O5/c17-16(21)12-7-9-18(10-8-12)15(20)6-3-11-24-14-5-2-1-4-13(14)19(22)23/h1-2,4-5,12H,3,6-11H2,(H2,17,21). The number of nitro benzene ring substituents is 1. The zero-order chi connectivity index (χ0) is 17.5. The van der Waals surface area contributed by atoms with Crippen LogP contribution in [-0.4, -0.2) is 41.3 Å². The molecule has 0 atom stereocenters. The van der Waals surface area contributed by atoms with Crippen LogP contribution in [0.5, 0.6) is 5.75 Å². The number of nitrogens with zero attached hydrogens (tertiary/aromatic N) is 2. The van der Waals surface area contributed by atoms with Crippen LogP contribution in [0.1, 0.15) is 25.7 Å². The van der Waals surface area contributed by atoms with Gasteiger partial charge in [-0.2, -0.15) is 0 Å². The number of carbonyl (C=O) groups excluding carboxylic acids is 2. The van der Waals surface area contributed by atoms with E-state index in [1.54, 1.807) is 17.0 Å². The van der Waals surface area contributed by atoms with Gasteiger partial charge in [0.2, 0.25) is 11.8 Å². The van der Waals surface area contributed by atoms with Gasteiger partial charge in [0.15, 0.2) is 5.75 Å². The summed E-state index contributed by atoms with van der Waals surface area (Å²) < 4.78 is 5.41. The Morgan fingerprint density at radius 3 is 2.58 bits per heavy atom. The van der Waals surface area contributed by atoms with Crippen molar-refractivity contribution in [1.82, 2.24) is 4.90 Å². The van der Waals surface area contributed by atoms with Gasteiger partial charge in [0.1, 0.15) is 0 Å². The lowest BCUT2D eigenvalue weighted by atomic mass is 9.96. The van der Waals surface area contributed by atoms with Crippen molar-refractivity contribution in [1.29, 1.82) is 0 Å². The number of hydrogen-bond acceptors (Lipinski definition) is 5. The fraction of sp³-hybridized carbons (Fsp3) is 0.500. The number of para-hydroxylation sites is 2. The maximum absolute atomic E-state index is 12.1. The molecule has 2 N–H and O–H groups in total.